The number of fused-ring (bicyclic) bond motifs is 1. The average molecular weight is 519 g/mol. The van der Waals surface area contributed by atoms with Crippen LogP contribution in [0.2, 0.25) is 0 Å². The molecule has 0 fully saturated rings. The zero-order valence-corrected chi connectivity index (χ0v) is 23.6. The molecule has 40 heavy (non-hydrogen) atoms. The second-order valence-corrected chi connectivity index (χ2v) is 10.7. The third-order valence-electron chi connectivity index (χ3n) is 7.51. The maximum Gasteiger partial charge on any atom is 0.0781 e. The van der Waals surface area contributed by atoms with Crippen LogP contribution in [0.4, 0.5) is 34.1 Å². The topological polar surface area (TPSA) is 6.48 Å². The Labute approximate surface area is 237 Å². The van der Waals surface area contributed by atoms with Crippen LogP contribution in [0.1, 0.15) is 22.3 Å². The van der Waals surface area contributed by atoms with Gasteiger partial charge in [-0.2, -0.15) is 0 Å². The number of rotatable bonds is 6. The Hall–Kier alpha value is -4.82. The third-order valence-corrected chi connectivity index (χ3v) is 7.51. The number of aryl methyl sites for hydroxylation is 4. The molecular formula is C38H34N2. The average Bonchev–Trinajstić information content (AvgIpc) is 2.98. The molecule has 196 valence electrons. The van der Waals surface area contributed by atoms with E-state index in [0.717, 1.165) is 34.1 Å². The van der Waals surface area contributed by atoms with Crippen LogP contribution in [-0.4, -0.2) is 0 Å². The van der Waals surface area contributed by atoms with Gasteiger partial charge in [0.25, 0.3) is 0 Å². The molecule has 6 rings (SSSR count). The minimum absolute atomic E-state index is 1.12. The summed E-state index contributed by atoms with van der Waals surface area (Å²) in [6.45, 7) is 8.55. The molecule has 6 aromatic carbocycles. The van der Waals surface area contributed by atoms with Gasteiger partial charge in [-0.15, -0.1) is 0 Å². The van der Waals surface area contributed by atoms with Gasteiger partial charge < -0.3 is 9.80 Å². The van der Waals surface area contributed by atoms with E-state index in [1.807, 2.05) is 0 Å². The highest BCUT2D eigenvalue weighted by Gasteiger charge is 2.24. The van der Waals surface area contributed by atoms with E-state index < -0.39 is 0 Å². The molecule has 2 nitrogen and oxygen atoms in total. The summed E-state index contributed by atoms with van der Waals surface area (Å²) in [5.74, 6) is 0. The van der Waals surface area contributed by atoms with E-state index in [2.05, 4.69) is 171 Å². The first kappa shape index (κ1) is 25.5. The fourth-order valence-corrected chi connectivity index (χ4v) is 5.27. The van der Waals surface area contributed by atoms with Gasteiger partial charge in [0.15, 0.2) is 0 Å². The SMILES string of the molecule is Cc1ccc(N(c2ccc(C)cc2)c2ccc3ccccc3c2N(c2ccc(C)cc2)c2ccc(C)cc2)cc1. The molecule has 0 N–H and O–H groups in total. The molecule has 0 aliphatic carbocycles. The quantitative estimate of drug-likeness (QED) is 0.216. The Morgan fingerprint density at radius 1 is 0.350 bits per heavy atom. The zero-order valence-electron chi connectivity index (χ0n) is 23.6. The lowest BCUT2D eigenvalue weighted by atomic mass is 10.0. The normalized spacial score (nSPS) is 11.0. The van der Waals surface area contributed by atoms with Gasteiger partial charge in [-0.3, -0.25) is 0 Å². The van der Waals surface area contributed by atoms with Crippen molar-refractivity contribution in [1.29, 1.82) is 0 Å². The molecule has 0 saturated heterocycles. The van der Waals surface area contributed by atoms with Gasteiger partial charge in [0.1, 0.15) is 0 Å². The highest BCUT2D eigenvalue weighted by Crippen LogP contribution is 2.49. The molecule has 0 spiro atoms. The van der Waals surface area contributed by atoms with Crippen LogP contribution >= 0.6 is 0 Å². The van der Waals surface area contributed by atoms with E-state index in [9.17, 15) is 0 Å². The molecule has 0 saturated carbocycles. The molecule has 0 aromatic heterocycles. The molecular weight excluding hydrogens is 484 g/mol. The predicted molar refractivity (Wildman–Crippen MR) is 172 cm³/mol. The summed E-state index contributed by atoms with van der Waals surface area (Å²) >= 11 is 0. The number of hydrogen-bond acceptors (Lipinski definition) is 2. The molecule has 0 bridgehead atoms. The number of anilines is 6. The molecule has 0 aliphatic heterocycles. The first-order chi connectivity index (χ1) is 19.5. The Bertz CT molecular complexity index is 1660. The summed E-state index contributed by atoms with van der Waals surface area (Å²) in [4.78, 5) is 4.79. The lowest BCUT2D eigenvalue weighted by Gasteiger charge is -2.34. The Balaban J connectivity index is 1.70. The monoisotopic (exact) mass is 518 g/mol. The Morgan fingerprint density at radius 2 is 0.725 bits per heavy atom. The van der Waals surface area contributed by atoms with E-state index in [-0.39, 0.29) is 0 Å². The standard InChI is InChI=1S/C38H34N2/c1-27-9-18-32(19-10-27)39(33-20-11-28(2)12-21-33)37-26-17-31-7-5-6-8-36(31)38(37)40(34-22-13-29(3)14-23-34)35-24-15-30(4)16-25-35/h5-26H,1-4H3. The molecule has 0 heterocycles. The van der Waals surface area contributed by atoms with Crippen molar-refractivity contribution in [1.82, 2.24) is 0 Å². The van der Waals surface area contributed by atoms with Gasteiger partial charge >= 0.3 is 0 Å². The van der Waals surface area contributed by atoms with Crippen molar-refractivity contribution < 1.29 is 0 Å². The van der Waals surface area contributed by atoms with Gasteiger partial charge in [0.05, 0.1) is 11.4 Å². The minimum Gasteiger partial charge on any atom is -0.308 e. The van der Waals surface area contributed by atoms with Gasteiger partial charge in [-0.05, 0) is 87.7 Å². The van der Waals surface area contributed by atoms with Crippen LogP contribution in [0, 0.1) is 27.7 Å². The van der Waals surface area contributed by atoms with Crippen LogP contribution in [0.15, 0.2) is 133 Å². The molecule has 2 heteroatoms. The van der Waals surface area contributed by atoms with Crippen LogP contribution in [-0.2, 0) is 0 Å². The maximum atomic E-state index is 2.41. The summed E-state index contributed by atoms with van der Waals surface area (Å²) in [7, 11) is 0. The molecule has 0 amide bonds. The molecule has 0 atom stereocenters. The van der Waals surface area contributed by atoms with Crippen LogP contribution in [0.5, 0.6) is 0 Å². The predicted octanol–water partition coefficient (Wildman–Crippen LogP) is 11.0. The van der Waals surface area contributed by atoms with E-state index in [1.54, 1.807) is 0 Å². The maximum absolute atomic E-state index is 2.41. The second kappa shape index (κ2) is 10.7. The van der Waals surface area contributed by atoms with Crippen molar-refractivity contribution in [2.24, 2.45) is 0 Å². The van der Waals surface area contributed by atoms with Gasteiger partial charge in [0.2, 0.25) is 0 Å². The summed E-state index contributed by atoms with van der Waals surface area (Å²) in [6.07, 6.45) is 0. The number of benzene rings is 6. The van der Waals surface area contributed by atoms with Gasteiger partial charge in [0, 0.05) is 28.1 Å². The summed E-state index contributed by atoms with van der Waals surface area (Å²) < 4.78 is 0. The van der Waals surface area contributed by atoms with Crippen LogP contribution in [0.25, 0.3) is 10.8 Å². The lowest BCUT2D eigenvalue weighted by molar-refractivity contribution is 1.23. The van der Waals surface area contributed by atoms with E-state index in [4.69, 9.17) is 0 Å². The third kappa shape index (κ3) is 4.97. The highest BCUT2D eigenvalue weighted by atomic mass is 15.2. The fourth-order valence-electron chi connectivity index (χ4n) is 5.27. The smallest absolute Gasteiger partial charge is 0.0781 e. The fraction of sp³-hybridized carbons (Fsp3) is 0.105. The summed E-state index contributed by atoms with van der Waals surface area (Å²) in [5.41, 5.74) is 11.7. The molecule has 0 radical (unpaired) electrons. The Kier molecular flexibility index (Phi) is 6.84. The zero-order chi connectivity index (χ0) is 27.6. The van der Waals surface area contributed by atoms with Crippen molar-refractivity contribution in [3.05, 3.63) is 156 Å². The van der Waals surface area contributed by atoms with Crippen molar-refractivity contribution in [3.8, 4) is 0 Å². The van der Waals surface area contributed by atoms with E-state index in [1.165, 1.54) is 33.0 Å². The number of nitrogens with zero attached hydrogens (tertiary/aromatic N) is 2. The second-order valence-electron chi connectivity index (χ2n) is 10.7. The first-order valence-corrected chi connectivity index (χ1v) is 13.9. The molecule has 6 aromatic rings. The largest absolute Gasteiger partial charge is 0.308 e. The summed E-state index contributed by atoms with van der Waals surface area (Å²) in [5, 5.41) is 2.41. The lowest BCUT2D eigenvalue weighted by Crippen LogP contribution is -2.17. The van der Waals surface area contributed by atoms with Gasteiger partial charge in [-0.25, -0.2) is 0 Å². The van der Waals surface area contributed by atoms with Crippen molar-refractivity contribution in [2.45, 2.75) is 27.7 Å². The van der Waals surface area contributed by atoms with E-state index >= 15 is 0 Å². The number of hydrogen-bond donors (Lipinski definition) is 0. The summed E-state index contributed by atoms with van der Waals surface area (Å²) in [6, 6.07) is 48.5. The van der Waals surface area contributed by atoms with Crippen molar-refractivity contribution in [2.75, 3.05) is 9.80 Å². The molecule has 0 unspecified atom stereocenters. The van der Waals surface area contributed by atoms with Crippen LogP contribution < -0.4 is 9.80 Å². The first-order valence-electron chi connectivity index (χ1n) is 13.9. The van der Waals surface area contributed by atoms with E-state index in [0.29, 0.717) is 0 Å². The Morgan fingerprint density at radius 3 is 1.15 bits per heavy atom. The van der Waals surface area contributed by atoms with Crippen molar-refractivity contribution in [3.63, 3.8) is 0 Å². The van der Waals surface area contributed by atoms with Crippen molar-refractivity contribution >= 4 is 44.9 Å². The van der Waals surface area contributed by atoms with Gasteiger partial charge in [-0.1, -0.05) is 101 Å². The minimum atomic E-state index is 1.12. The van der Waals surface area contributed by atoms with Crippen LogP contribution in [0.3, 0.4) is 0 Å². The molecule has 0 aliphatic rings. The highest BCUT2D eigenvalue weighted by molar-refractivity contribution is 6.07.